The van der Waals surface area contributed by atoms with Crippen molar-refractivity contribution in [2.45, 2.75) is 11.8 Å². The van der Waals surface area contributed by atoms with Crippen molar-refractivity contribution in [3.05, 3.63) is 83.4 Å². The fraction of sp³-hybridized carbons (Fsp3) is 0.0870. The van der Waals surface area contributed by atoms with Crippen LogP contribution >= 0.6 is 23.4 Å². The number of thioether (sulfide) groups is 1. The summed E-state index contributed by atoms with van der Waals surface area (Å²) in [6.07, 6.45) is 0. The number of hydrogen-bond donors (Lipinski definition) is 3. The largest absolute Gasteiger partial charge is 0.326 e. The maximum atomic E-state index is 12.4. The van der Waals surface area contributed by atoms with Gasteiger partial charge < -0.3 is 16.0 Å². The second-order valence-electron chi connectivity index (χ2n) is 6.59. The Labute approximate surface area is 189 Å². The number of nitrogens with one attached hydrogen (secondary N) is 3. The van der Waals surface area contributed by atoms with Gasteiger partial charge >= 0.3 is 0 Å². The molecule has 0 saturated carbocycles. The smallest absolute Gasteiger partial charge is 0.255 e. The number of carbonyl (C=O) groups is 3. The molecule has 31 heavy (non-hydrogen) atoms. The average Bonchev–Trinajstić information content (AvgIpc) is 2.73. The van der Waals surface area contributed by atoms with Gasteiger partial charge in [0.2, 0.25) is 11.8 Å². The van der Waals surface area contributed by atoms with Crippen LogP contribution in [0.15, 0.2) is 77.7 Å². The molecule has 0 heterocycles. The lowest BCUT2D eigenvalue weighted by molar-refractivity contribution is -0.114. The zero-order valence-electron chi connectivity index (χ0n) is 16.6. The first-order valence-electron chi connectivity index (χ1n) is 9.36. The summed E-state index contributed by atoms with van der Waals surface area (Å²) < 4.78 is 0. The second-order valence-corrected chi connectivity index (χ2v) is 8.07. The number of anilines is 3. The van der Waals surface area contributed by atoms with E-state index in [2.05, 4.69) is 16.0 Å². The zero-order chi connectivity index (χ0) is 22.2. The number of benzene rings is 3. The minimum Gasteiger partial charge on any atom is -0.326 e. The standard InChI is InChI=1S/C23H20ClN3O3S/c1-15(28)25-18-8-10-19(11-9-18)26-22(29)14-31-21-7-3-6-20(13-21)27-23(30)16-4-2-5-17(24)12-16/h2-13H,14H2,1H3,(H,25,28)(H,26,29)(H,27,30). The maximum Gasteiger partial charge on any atom is 0.255 e. The van der Waals surface area contributed by atoms with Crippen LogP contribution in [0.4, 0.5) is 17.1 Å². The predicted molar refractivity (Wildman–Crippen MR) is 126 cm³/mol. The number of rotatable bonds is 7. The molecule has 3 rings (SSSR count). The van der Waals surface area contributed by atoms with E-state index in [1.165, 1.54) is 18.7 Å². The summed E-state index contributed by atoms with van der Waals surface area (Å²) in [6.45, 7) is 1.44. The van der Waals surface area contributed by atoms with Crippen molar-refractivity contribution in [1.29, 1.82) is 0 Å². The highest BCUT2D eigenvalue weighted by Gasteiger charge is 2.08. The van der Waals surface area contributed by atoms with Crippen molar-refractivity contribution in [2.75, 3.05) is 21.7 Å². The van der Waals surface area contributed by atoms with Crippen LogP contribution in [-0.4, -0.2) is 23.5 Å². The van der Waals surface area contributed by atoms with Crippen molar-refractivity contribution >= 4 is 58.1 Å². The monoisotopic (exact) mass is 453 g/mol. The number of amides is 3. The Hall–Kier alpha value is -3.29. The van der Waals surface area contributed by atoms with E-state index in [1.54, 1.807) is 54.6 Å². The summed E-state index contributed by atoms with van der Waals surface area (Å²) >= 11 is 7.29. The molecule has 3 aromatic rings. The van der Waals surface area contributed by atoms with E-state index in [0.717, 1.165) is 4.90 Å². The predicted octanol–water partition coefficient (Wildman–Crippen LogP) is 5.28. The van der Waals surface area contributed by atoms with Crippen molar-refractivity contribution in [3.8, 4) is 0 Å². The van der Waals surface area contributed by atoms with Gasteiger partial charge in [0.25, 0.3) is 5.91 Å². The molecule has 0 bridgehead atoms. The summed E-state index contributed by atoms with van der Waals surface area (Å²) in [6, 6.07) is 20.9. The van der Waals surface area contributed by atoms with Crippen molar-refractivity contribution in [2.24, 2.45) is 0 Å². The molecule has 0 atom stereocenters. The van der Waals surface area contributed by atoms with Gasteiger partial charge in [-0.15, -0.1) is 11.8 Å². The molecular weight excluding hydrogens is 434 g/mol. The highest BCUT2D eigenvalue weighted by molar-refractivity contribution is 8.00. The van der Waals surface area contributed by atoms with Gasteiger partial charge in [-0.1, -0.05) is 23.7 Å². The first kappa shape index (κ1) is 22.4. The molecule has 3 N–H and O–H groups in total. The Balaban J connectivity index is 1.53. The molecule has 0 aromatic heterocycles. The van der Waals surface area contributed by atoms with Gasteiger partial charge in [0.1, 0.15) is 0 Å². The molecule has 0 spiro atoms. The van der Waals surface area contributed by atoms with Crippen LogP contribution in [0, 0.1) is 0 Å². The molecule has 0 aliphatic heterocycles. The molecule has 158 valence electrons. The molecule has 0 fully saturated rings. The summed E-state index contributed by atoms with van der Waals surface area (Å²) in [5.74, 6) is -0.367. The molecule has 3 amide bonds. The maximum absolute atomic E-state index is 12.4. The van der Waals surface area contributed by atoms with Crippen molar-refractivity contribution in [3.63, 3.8) is 0 Å². The van der Waals surface area contributed by atoms with Gasteiger partial charge in [0.05, 0.1) is 5.75 Å². The number of carbonyl (C=O) groups excluding carboxylic acids is 3. The van der Waals surface area contributed by atoms with Crippen LogP contribution in [0.5, 0.6) is 0 Å². The van der Waals surface area contributed by atoms with Gasteiger partial charge in [0.15, 0.2) is 0 Å². The summed E-state index contributed by atoms with van der Waals surface area (Å²) in [4.78, 5) is 36.5. The Morgan fingerprint density at radius 1 is 0.806 bits per heavy atom. The lowest BCUT2D eigenvalue weighted by atomic mass is 10.2. The topological polar surface area (TPSA) is 87.3 Å². The Morgan fingerprint density at radius 3 is 2.16 bits per heavy atom. The molecule has 8 heteroatoms. The van der Waals surface area contributed by atoms with Gasteiger partial charge in [-0.05, 0) is 60.7 Å². The SMILES string of the molecule is CC(=O)Nc1ccc(NC(=O)CSc2cccc(NC(=O)c3cccc(Cl)c3)c2)cc1. The van der Waals surface area contributed by atoms with Crippen LogP contribution in [0.2, 0.25) is 5.02 Å². The van der Waals surface area contributed by atoms with E-state index in [4.69, 9.17) is 11.6 Å². The van der Waals surface area contributed by atoms with Crippen LogP contribution < -0.4 is 16.0 Å². The van der Waals surface area contributed by atoms with E-state index in [0.29, 0.717) is 27.6 Å². The minimum atomic E-state index is -0.259. The van der Waals surface area contributed by atoms with Gasteiger partial charge in [-0.25, -0.2) is 0 Å². The van der Waals surface area contributed by atoms with E-state index < -0.39 is 0 Å². The van der Waals surface area contributed by atoms with Gasteiger partial charge in [0, 0.05) is 39.5 Å². The Morgan fingerprint density at radius 2 is 1.48 bits per heavy atom. The highest BCUT2D eigenvalue weighted by Crippen LogP contribution is 2.23. The fourth-order valence-corrected chi connectivity index (χ4v) is 3.63. The summed E-state index contributed by atoms with van der Waals surface area (Å²) in [7, 11) is 0. The van der Waals surface area contributed by atoms with E-state index in [-0.39, 0.29) is 23.5 Å². The first-order valence-corrected chi connectivity index (χ1v) is 10.7. The first-order chi connectivity index (χ1) is 14.9. The van der Waals surface area contributed by atoms with Crippen molar-refractivity contribution < 1.29 is 14.4 Å². The van der Waals surface area contributed by atoms with Gasteiger partial charge in [-0.3, -0.25) is 14.4 Å². The van der Waals surface area contributed by atoms with E-state index >= 15 is 0 Å². The third-order valence-electron chi connectivity index (χ3n) is 4.04. The van der Waals surface area contributed by atoms with Crippen LogP contribution in [-0.2, 0) is 9.59 Å². The quantitative estimate of drug-likeness (QED) is 0.424. The van der Waals surface area contributed by atoms with Crippen molar-refractivity contribution in [1.82, 2.24) is 0 Å². The van der Waals surface area contributed by atoms with Crippen LogP contribution in [0.3, 0.4) is 0 Å². The molecule has 3 aromatic carbocycles. The molecule has 0 aliphatic carbocycles. The third kappa shape index (κ3) is 7.16. The van der Waals surface area contributed by atoms with E-state index in [9.17, 15) is 14.4 Å². The fourth-order valence-electron chi connectivity index (χ4n) is 2.68. The molecule has 0 saturated heterocycles. The summed E-state index contributed by atoms with van der Waals surface area (Å²) in [5, 5.41) is 8.81. The Bertz CT molecular complexity index is 1100. The minimum absolute atomic E-state index is 0.154. The lowest BCUT2D eigenvalue weighted by Crippen LogP contribution is -2.14. The molecule has 0 aliphatic rings. The Kier molecular flexibility index (Phi) is 7.70. The van der Waals surface area contributed by atoms with Gasteiger partial charge in [-0.2, -0.15) is 0 Å². The summed E-state index contributed by atoms with van der Waals surface area (Å²) in [5.41, 5.74) is 2.40. The zero-order valence-corrected chi connectivity index (χ0v) is 18.2. The highest BCUT2D eigenvalue weighted by atomic mass is 35.5. The van der Waals surface area contributed by atoms with Crippen LogP contribution in [0.1, 0.15) is 17.3 Å². The molecule has 0 radical (unpaired) electrons. The second kappa shape index (κ2) is 10.7. The molecule has 0 unspecified atom stereocenters. The third-order valence-corrected chi connectivity index (χ3v) is 5.27. The number of halogens is 1. The molecular formula is C23H20ClN3O3S. The van der Waals surface area contributed by atoms with Crippen LogP contribution in [0.25, 0.3) is 0 Å². The average molecular weight is 454 g/mol. The molecule has 6 nitrogen and oxygen atoms in total. The number of hydrogen-bond acceptors (Lipinski definition) is 4. The van der Waals surface area contributed by atoms with E-state index in [1.807, 2.05) is 18.2 Å². The lowest BCUT2D eigenvalue weighted by Gasteiger charge is -2.09. The normalized spacial score (nSPS) is 10.3.